The van der Waals surface area contributed by atoms with Gasteiger partial charge in [-0.05, 0) is 50.3 Å². The molecule has 0 aromatic heterocycles. The van der Waals surface area contributed by atoms with Gasteiger partial charge in [0, 0.05) is 31.2 Å². The highest BCUT2D eigenvalue weighted by Gasteiger charge is 2.32. The monoisotopic (exact) mass is 431 g/mol. The number of nitrogens with one attached hydrogen (secondary N) is 3. The molecule has 1 aromatic rings. The van der Waals surface area contributed by atoms with Crippen LogP contribution in [-0.2, 0) is 14.3 Å². The van der Waals surface area contributed by atoms with Gasteiger partial charge in [-0.1, -0.05) is 0 Å². The SMILES string of the molecule is O=C1CCC(NC(=O)c2ccc3c(c2)OCCCCOCCN[C@H]2C[C@@H](C2)O3)C(=O)N1. The molecule has 3 heterocycles. The van der Waals surface area contributed by atoms with Gasteiger partial charge in [0.2, 0.25) is 11.8 Å². The highest BCUT2D eigenvalue weighted by atomic mass is 16.5. The number of amides is 3. The van der Waals surface area contributed by atoms with Crippen molar-refractivity contribution in [3.05, 3.63) is 23.8 Å². The molecule has 1 saturated carbocycles. The number of ether oxygens (including phenoxy) is 3. The molecule has 0 spiro atoms. The summed E-state index contributed by atoms with van der Waals surface area (Å²) in [4.78, 5) is 35.9. The number of carbonyl (C=O) groups is 3. The second-order valence-corrected chi connectivity index (χ2v) is 8.17. The van der Waals surface area contributed by atoms with Gasteiger partial charge in [0.1, 0.15) is 12.1 Å². The van der Waals surface area contributed by atoms with Crippen LogP contribution in [0.25, 0.3) is 0 Å². The highest BCUT2D eigenvalue weighted by molar-refractivity contribution is 6.03. The smallest absolute Gasteiger partial charge is 0.252 e. The zero-order valence-electron chi connectivity index (χ0n) is 17.5. The van der Waals surface area contributed by atoms with E-state index in [4.69, 9.17) is 14.2 Å². The van der Waals surface area contributed by atoms with Crippen LogP contribution in [0, 0.1) is 0 Å². The number of fused-ring (bicyclic) bond motifs is 8. The third-order valence-corrected chi connectivity index (χ3v) is 5.76. The van der Waals surface area contributed by atoms with Crippen LogP contribution in [-0.4, -0.2) is 62.3 Å². The molecule has 1 aromatic carbocycles. The molecular formula is C22H29N3O6. The molecule has 168 valence electrons. The van der Waals surface area contributed by atoms with Crippen LogP contribution >= 0.6 is 0 Å². The Kier molecular flexibility index (Phi) is 7.03. The molecule has 3 amide bonds. The molecule has 5 rings (SSSR count). The standard InChI is InChI=1S/C22H29N3O6/c26-20-6-4-17(22(28)25-20)24-21(27)14-3-5-18-19(11-14)30-9-2-1-8-29-10-7-23-15-12-16(13-15)31-18/h3,5,11,15-17,23H,1-2,4,6-10,12-13H2,(H,24,27)(H,25,26,28)/t15-,16-,17?. The van der Waals surface area contributed by atoms with E-state index >= 15 is 0 Å². The summed E-state index contributed by atoms with van der Waals surface area (Å²) in [6.45, 7) is 2.73. The van der Waals surface area contributed by atoms with E-state index in [0.717, 1.165) is 32.2 Å². The van der Waals surface area contributed by atoms with Crippen LogP contribution in [0.3, 0.4) is 0 Å². The topological polar surface area (TPSA) is 115 Å². The van der Waals surface area contributed by atoms with Gasteiger partial charge in [-0.3, -0.25) is 19.7 Å². The molecule has 2 bridgehead atoms. The number of imide groups is 1. The number of rotatable bonds is 2. The van der Waals surface area contributed by atoms with Gasteiger partial charge in [0.05, 0.1) is 13.2 Å². The zero-order valence-corrected chi connectivity index (χ0v) is 17.5. The van der Waals surface area contributed by atoms with Crippen LogP contribution in [0.15, 0.2) is 18.2 Å². The van der Waals surface area contributed by atoms with Crippen molar-refractivity contribution in [1.82, 2.24) is 16.0 Å². The van der Waals surface area contributed by atoms with Gasteiger partial charge in [-0.2, -0.15) is 0 Å². The Morgan fingerprint density at radius 1 is 1.06 bits per heavy atom. The molecule has 1 aliphatic carbocycles. The van der Waals surface area contributed by atoms with Crippen molar-refractivity contribution in [3.63, 3.8) is 0 Å². The molecule has 3 aliphatic heterocycles. The van der Waals surface area contributed by atoms with E-state index < -0.39 is 17.9 Å². The molecular weight excluding hydrogens is 402 g/mol. The number of piperidine rings is 1. The van der Waals surface area contributed by atoms with Crippen molar-refractivity contribution in [2.75, 3.05) is 26.4 Å². The van der Waals surface area contributed by atoms with Gasteiger partial charge in [0.25, 0.3) is 5.91 Å². The van der Waals surface area contributed by atoms with Gasteiger partial charge in [-0.25, -0.2) is 0 Å². The largest absolute Gasteiger partial charge is 0.490 e. The van der Waals surface area contributed by atoms with Crippen LogP contribution < -0.4 is 25.4 Å². The first-order valence-electron chi connectivity index (χ1n) is 11.0. The van der Waals surface area contributed by atoms with E-state index in [1.165, 1.54) is 0 Å². The Morgan fingerprint density at radius 3 is 2.74 bits per heavy atom. The minimum atomic E-state index is -0.723. The van der Waals surface area contributed by atoms with Crippen LogP contribution in [0.1, 0.15) is 48.9 Å². The lowest BCUT2D eigenvalue weighted by Gasteiger charge is -2.36. The second kappa shape index (κ2) is 10.1. The van der Waals surface area contributed by atoms with Crippen molar-refractivity contribution in [2.45, 2.75) is 56.7 Å². The second-order valence-electron chi connectivity index (χ2n) is 8.17. The number of benzene rings is 1. The third-order valence-electron chi connectivity index (χ3n) is 5.76. The first kappa shape index (κ1) is 21.6. The normalized spacial score (nSPS) is 27.2. The maximum atomic E-state index is 12.7. The molecule has 3 N–H and O–H groups in total. The lowest BCUT2D eigenvalue weighted by Crippen LogP contribution is -2.52. The van der Waals surface area contributed by atoms with Gasteiger partial charge < -0.3 is 24.8 Å². The quantitative estimate of drug-likeness (QED) is 0.596. The van der Waals surface area contributed by atoms with Crippen molar-refractivity contribution in [3.8, 4) is 11.5 Å². The molecule has 0 radical (unpaired) electrons. The third kappa shape index (κ3) is 5.74. The van der Waals surface area contributed by atoms with Gasteiger partial charge in [-0.15, -0.1) is 0 Å². The minimum Gasteiger partial charge on any atom is -0.490 e. The molecule has 9 nitrogen and oxygen atoms in total. The summed E-state index contributed by atoms with van der Waals surface area (Å²) in [5.41, 5.74) is 0.376. The van der Waals surface area contributed by atoms with Crippen molar-refractivity contribution in [2.24, 2.45) is 0 Å². The summed E-state index contributed by atoms with van der Waals surface area (Å²) in [5, 5.41) is 8.41. The predicted molar refractivity (Wildman–Crippen MR) is 111 cm³/mol. The van der Waals surface area contributed by atoms with Gasteiger partial charge >= 0.3 is 0 Å². The van der Waals surface area contributed by atoms with Crippen molar-refractivity contribution < 1.29 is 28.6 Å². The molecule has 9 heteroatoms. The Bertz CT molecular complexity index is 823. The summed E-state index contributed by atoms with van der Waals surface area (Å²) in [5.74, 6) is -0.0519. The Balaban J connectivity index is 1.43. The average molecular weight is 431 g/mol. The molecule has 31 heavy (non-hydrogen) atoms. The van der Waals surface area contributed by atoms with E-state index in [2.05, 4.69) is 16.0 Å². The summed E-state index contributed by atoms with van der Waals surface area (Å²) >= 11 is 0. The molecule has 2 fully saturated rings. The van der Waals surface area contributed by atoms with Gasteiger partial charge in [0.15, 0.2) is 11.5 Å². The molecule has 1 atom stereocenters. The fraction of sp³-hybridized carbons (Fsp3) is 0.591. The Morgan fingerprint density at radius 2 is 1.90 bits per heavy atom. The first-order valence-corrected chi connectivity index (χ1v) is 11.0. The van der Waals surface area contributed by atoms with E-state index in [1.54, 1.807) is 18.2 Å². The highest BCUT2D eigenvalue weighted by Crippen LogP contribution is 2.34. The number of carbonyl (C=O) groups excluding carboxylic acids is 3. The fourth-order valence-corrected chi connectivity index (χ4v) is 3.87. The van der Waals surface area contributed by atoms with E-state index in [9.17, 15) is 14.4 Å². The number of hydrogen-bond acceptors (Lipinski definition) is 7. The minimum absolute atomic E-state index is 0.106. The number of hydrogen-bond donors (Lipinski definition) is 3. The predicted octanol–water partition coefficient (Wildman–Crippen LogP) is 0.910. The van der Waals surface area contributed by atoms with Crippen molar-refractivity contribution in [1.29, 1.82) is 0 Å². The lowest BCUT2D eigenvalue weighted by atomic mass is 9.89. The summed E-state index contributed by atoms with van der Waals surface area (Å²) in [6, 6.07) is 4.77. The lowest BCUT2D eigenvalue weighted by molar-refractivity contribution is -0.134. The summed E-state index contributed by atoms with van der Waals surface area (Å²) in [6.07, 6.45) is 4.14. The van der Waals surface area contributed by atoms with Crippen LogP contribution in [0.2, 0.25) is 0 Å². The Hall–Kier alpha value is -2.65. The van der Waals surface area contributed by atoms with Crippen LogP contribution in [0.4, 0.5) is 0 Å². The maximum Gasteiger partial charge on any atom is 0.252 e. The fourth-order valence-electron chi connectivity index (χ4n) is 3.87. The van der Waals surface area contributed by atoms with Crippen LogP contribution in [0.5, 0.6) is 11.5 Å². The van der Waals surface area contributed by atoms with Crippen molar-refractivity contribution >= 4 is 17.7 Å². The zero-order chi connectivity index (χ0) is 21.6. The maximum absolute atomic E-state index is 12.7. The Labute approximate surface area is 181 Å². The average Bonchev–Trinajstić information content (AvgIpc) is 2.73. The summed E-state index contributed by atoms with van der Waals surface area (Å²) in [7, 11) is 0. The molecule has 1 unspecified atom stereocenters. The molecule has 4 aliphatic rings. The first-order chi connectivity index (χ1) is 15.1. The van der Waals surface area contributed by atoms with E-state index in [1.807, 2.05) is 0 Å². The summed E-state index contributed by atoms with van der Waals surface area (Å²) < 4.78 is 17.7. The van der Waals surface area contributed by atoms with E-state index in [0.29, 0.717) is 49.3 Å². The molecule has 1 saturated heterocycles. The van der Waals surface area contributed by atoms with E-state index in [-0.39, 0.29) is 18.4 Å².